The van der Waals surface area contributed by atoms with Crippen molar-refractivity contribution >= 4 is 29.0 Å². The van der Waals surface area contributed by atoms with Crippen LogP contribution in [0.4, 0.5) is 0 Å². The van der Waals surface area contributed by atoms with Gasteiger partial charge in [-0.3, -0.25) is 9.36 Å². The Labute approximate surface area is 168 Å². The van der Waals surface area contributed by atoms with Gasteiger partial charge in [0.05, 0.1) is 16.4 Å². The number of benzene rings is 1. The van der Waals surface area contributed by atoms with E-state index < -0.39 is 0 Å². The highest BCUT2D eigenvalue weighted by Gasteiger charge is 2.10. The lowest BCUT2D eigenvalue weighted by Gasteiger charge is -2.10. The van der Waals surface area contributed by atoms with Crippen LogP contribution in [-0.4, -0.2) is 32.7 Å². The summed E-state index contributed by atoms with van der Waals surface area (Å²) >= 11 is 3.17. The smallest absolute Gasteiger partial charge is 0.230 e. The van der Waals surface area contributed by atoms with Gasteiger partial charge in [0.25, 0.3) is 0 Å². The van der Waals surface area contributed by atoms with Crippen molar-refractivity contribution in [3.8, 4) is 5.69 Å². The van der Waals surface area contributed by atoms with Crippen LogP contribution in [0.15, 0.2) is 47.2 Å². The van der Waals surface area contributed by atoms with E-state index in [2.05, 4.69) is 39.7 Å². The molecule has 1 N–H and O–H groups in total. The number of amides is 1. The van der Waals surface area contributed by atoms with Gasteiger partial charge in [0.15, 0.2) is 5.16 Å². The highest BCUT2D eigenvalue weighted by molar-refractivity contribution is 7.99. The summed E-state index contributed by atoms with van der Waals surface area (Å²) in [5.74, 6) is 0.415. The third kappa shape index (κ3) is 5.68. The lowest BCUT2D eigenvalue weighted by atomic mass is 10.2. The minimum absolute atomic E-state index is 0.0458. The number of para-hydroxylation sites is 1. The molecule has 0 bridgehead atoms. The van der Waals surface area contributed by atoms with E-state index in [1.54, 1.807) is 17.5 Å². The predicted octanol–water partition coefficient (Wildman–Crippen LogP) is 4.18. The molecule has 0 saturated carbocycles. The Morgan fingerprint density at radius 3 is 2.89 bits per heavy atom. The second-order valence-corrected chi connectivity index (χ2v) is 8.23. The van der Waals surface area contributed by atoms with Crippen molar-refractivity contribution in [1.82, 2.24) is 19.9 Å². The van der Waals surface area contributed by atoms with Gasteiger partial charge in [-0.15, -0.1) is 11.3 Å². The topological polar surface area (TPSA) is 59.8 Å². The van der Waals surface area contributed by atoms with Gasteiger partial charge in [-0.2, -0.15) is 0 Å². The van der Waals surface area contributed by atoms with E-state index in [0.717, 1.165) is 35.8 Å². The van der Waals surface area contributed by atoms with Crippen LogP contribution in [0.3, 0.4) is 0 Å². The summed E-state index contributed by atoms with van der Waals surface area (Å²) < 4.78 is 2.03. The highest BCUT2D eigenvalue weighted by atomic mass is 32.2. The molecule has 2 aromatic heterocycles. The van der Waals surface area contributed by atoms with Crippen molar-refractivity contribution < 1.29 is 4.79 Å². The fraction of sp³-hybridized carbons (Fsp3) is 0.350. The zero-order valence-corrected chi connectivity index (χ0v) is 17.3. The van der Waals surface area contributed by atoms with Crippen molar-refractivity contribution in [2.45, 2.75) is 38.3 Å². The number of unbranched alkanes of at least 4 members (excludes halogenated alkanes) is 1. The quantitative estimate of drug-likeness (QED) is 0.432. The van der Waals surface area contributed by atoms with E-state index in [9.17, 15) is 4.79 Å². The molecule has 0 radical (unpaired) electrons. The number of imidazole rings is 1. The Balaban J connectivity index is 1.40. The molecule has 3 rings (SSSR count). The maximum absolute atomic E-state index is 12.1. The zero-order valence-electron chi connectivity index (χ0n) is 15.6. The van der Waals surface area contributed by atoms with Crippen LogP contribution in [0.1, 0.15) is 29.1 Å². The van der Waals surface area contributed by atoms with Crippen LogP contribution >= 0.6 is 23.1 Å². The second kappa shape index (κ2) is 9.71. The number of nitrogens with one attached hydrogen (secondary N) is 1. The molecule has 0 saturated heterocycles. The lowest BCUT2D eigenvalue weighted by molar-refractivity contribution is -0.118. The normalized spacial score (nSPS) is 10.9. The molecule has 2 heterocycles. The van der Waals surface area contributed by atoms with E-state index >= 15 is 0 Å². The van der Waals surface area contributed by atoms with Gasteiger partial charge >= 0.3 is 0 Å². The Kier molecular flexibility index (Phi) is 7.06. The second-order valence-electron chi connectivity index (χ2n) is 6.34. The number of thiazole rings is 1. The Bertz CT molecular complexity index is 888. The first-order chi connectivity index (χ1) is 13.1. The molecule has 1 amide bonds. The summed E-state index contributed by atoms with van der Waals surface area (Å²) in [7, 11) is 0. The van der Waals surface area contributed by atoms with Gasteiger partial charge in [0, 0.05) is 30.0 Å². The van der Waals surface area contributed by atoms with Crippen LogP contribution in [0.5, 0.6) is 0 Å². The number of carbonyl (C=O) groups is 1. The lowest BCUT2D eigenvalue weighted by Crippen LogP contribution is -2.26. The van der Waals surface area contributed by atoms with Crippen molar-refractivity contribution in [2.24, 2.45) is 0 Å². The molecule has 0 aliphatic carbocycles. The molecule has 0 aliphatic heterocycles. The molecule has 0 fully saturated rings. The first-order valence-corrected chi connectivity index (χ1v) is 10.9. The third-order valence-corrected chi connectivity index (χ3v) is 6.11. The van der Waals surface area contributed by atoms with Crippen molar-refractivity contribution in [2.75, 3.05) is 12.3 Å². The van der Waals surface area contributed by atoms with Crippen LogP contribution in [0.2, 0.25) is 0 Å². The van der Waals surface area contributed by atoms with E-state index in [-0.39, 0.29) is 5.91 Å². The first-order valence-electron chi connectivity index (χ1n) is 9.03. The van der Waals surface area contributed by atoms with Crippen LogP contribution in [0, 0.1) is 13.8 Å². The van der Waals surface area contributed by atoms with Crippen LogP contribution < -0.4 is 5.32 Å². The van der Waals surface area contributed by atoms with Crippen molar-refractivity contribution in [3.63, 3.8) is 0 Å². The number of aromatic nitrogens is 3. The minimum Gasteiger partial charge on any atom is -0.355 e. The molecule has 27 heavy (non-hydrogen) atoms. The molecule has 0 atom stereocenters. The molecule has 5 nitrogen and oxygen atoms in total. The summed E-state index contributed by atoms with van der Waals surface area (Å²) in [5, 5.41) is 7.08. The predicted molar refractivity (Wildman–Crippen MR) is 112 cm³/mol. The largest absolute Gasteiger partial charge is 0.355 e. The highest BCUT2D eigenvalue weighted by Crippen LogP contribution is 2.22. The molecular weight excluding hydrogens is 376 g/mol. The average Bonchev–Trinajstić information content (AvgIpc) is 3.29. The monoisotopic (exact) mass is 400 g/mol. The molecule has 3 aromatic rings. The number of thioether (sulfide) groups is 1. The Hall–Kier alpha value is -2.12. The van der Waals surface area contributed by atoms with Crippen molar-refractivity contribution in [1.29, 1.82) is 0 Å². The van der Waals surface area contributed by atoms with Gasteiger partial charge in [-0.25, -0.2) is 9.97 Å². The SMILES string of the molecule is Cc1csc(CCCCNC(=O)CSc2nccn2-c2ccccc2C)n1. The van der Waals surface area contributed by atoms with Gasteiger partial charge in [-0.1, -0.05) is 30.0 Å². The molecular formula is C20H24N4OS2. The number of aryl methyl sites for hydroxylation is 3. The number of carbonyl (C=O) groups excluding carboxylic acids is 1. The van der Waals surface area contributed by atoms with Gasteiger partial charge in [0.2, 0.25) is 5.91 Å². The Morgan fingerprint density at radius 1 is 1.26 bits per heavy atom. The average molecular weight is 401 g/mol. The van der Waals surface area contributed by atoms with E-state index in [0.29, 0.717) is 12.3 Å². The molecule has 0 aliphatic rings. The summed E-state index contributed by atoms with van der Waals surface area (Å²) in [6, 6.07) is 8.16. The number of nitrogens with zero attached hydrogens (tertiary/aromatic N) is 3. The summed E-state index contributed by atoms with van der Waals surface area (Å²) in [4.78, 5) is 21.0. The van der Waals surface area contributed by atoms with Gasteiger partial charge < -0.3 is 5.32 Å². The Morgan fingerprint density at radius 2 is 2.11 bits per heavy atom. The summed E-state index contributed by atoms with van der Waals surface area (Å²) in [5.41, 5.74) is 3.36. The van der Waals surface area contributed by atoms with Crippen LogP contribution in [0.25, 0.3) is 5.69 Å². The van der Waals surface area contributed by atoms with E-state index in [1.807, 2.05) is 29.8 Å². The standard InChI is InChI=1S/C20H24N4OS2/c1-15-7-3-4-8-17(15)24-12-11-22-20(24)27-14-18(25)21-10-6-5-9-19-23-16(2)13-26-19/h3-4,7-8,11-13H,5-6,9-10,14H2,1-2H3,(H,21,25). The van der Waals surface area contributed by atoms with Gasteiger partial charge in [-0.05, 0) is 44.7 Å². The first kappa shape index (κ1) is 19.6. The maximum Gasteiger partial charge on any atom is 0.230 e. The molecule has 0 spiro atoms. The molecule has 7 heteroatoms. The minimum atomic E-state index is 0.0458. The zero-order chi connectivity index (χ0) is 19.1. The summed E-state index contributed by atoms with van der Waals surface area (Å²) in [6.45, 7) is 4.79. The number of rotatable bonds is 9. The molecule has 142 valence electrons. The maximum atomic E-state index is 12.1. The number of hydrogen-bond donors (Lipinski definition) is 1. The fourth-order valence-electron chi connectivity index (χ4n) is 2.74. The van der Waals surface area contributed by atoms with E-state index in [4.69, 9.17) is 0 Å². The van der Waals surface area contributed by atoms with Gasteiger partial charge in [0.1, 0.15) is 0 Å². The number of hydrogen-bond acceptors (Lipinski definition) is 5. The molecule has 1 aromatic carbocycles. The van der Waals surface area contributed by atoms with Crippen molar-refractivity contribution in [3.05, 3.63) is 58.3 Å². The summed E-state index contributed by atoms with van der Waals surface area (Å²) in [6.07, 6.45) is 6.69. The third-order valence-electron chi connectivity index (χ3n) is 4.12. The fourth-order valence-corrected chi connectivity index (χ4v) is 4.36. The van der Waals surface area contributed by atoms with Crippen LogP contribution in [-0.2, 0) is 11.2 Å². The van der Waals surface area contributed by atoms with E-state index in [1.165, 1.54) is 22.3 Å². The molecule has 0 unspecified atom stereocenters.